The number of hydrogen-bond donors (Lipinski definition) is 2. The van der Waals surface area contributed by atoms with Gasteiger partial charge in [0.1, 0.15) is 5.92 Å². The van der Waals surface area contributed by atoms with Crippen LogP contribution in [0.25, 0.3) is 0 Å². The van der Waals surface area contributed by atoms with Crippen molar-refractivity contribution >= 4 is 18.0 Å². The Labute approximate surface area is 163 Å². The van der Waals surface area contributed by atoms with Gasteiger partial charge in [-0.15, -0.1) is 0 Å². The van der Waals surface area contributed by atoms with Crippen LogP contribution in [0.15, 0.2) is 53.6 Å². The van der Waals surface area contributed by atoms with Crippen molar-refractivity contribution in [3.8, 4) is 11.5 Å². The molecular weight excluding hydrogens is 358 g/mol. The van der Waals surface area contributed by atoms with Crippen molar-refractivity contribution in [2.24, 2.45) is 11.0 Å². The van der Waals surface area contributed by atoms with E-state index in [9.17, 15) is 9.59 Å². The van der Waals surface area contributed by atoms with E-state index in [2.05, 4.69) is 15.8 Å². The van der Waals surface area contributed by atoms with Gasteiger partial charge in [0.25, 0.3) is 5.91 Å². The van der Waals surface area contributed by atoms with Crippen LogP contribution in [0.5, 0.6) is 11.5 Å². The fourth-order valence-corrected chi connectivity index (χ4v) is 3.22. The zero-order valence-electron chi connectivity index (χ0n) is 15.8. The third-order valence-corrected chi connectivity index (χ3v) is 4.57. The summed E-state index contributed by atoms with van der Waals surface area (Å²) in [7, 11) is 1.57. The highest BCUT2D eigenvalue weighted by atomic mass is 16.5. The molecule has 2 N–H and O–H groups in total. The molecule has 0 aromatic heterocycles. The van der Waals surface area contributed by atoms with E-state index in [1.54, 1.807) is 25.3 Å². The number of hydrazone groups is 1. The lowest BCUT2D eigenvalue weighted by Gasteiger charge is -2.15. The molecule has 1 saturated heterocycles. The Morgan fingerprint density at radius 3 is 2.75 bits per heavy atom. The lowest BCUT2D eigenvalue weighted by molar-refractivity contribution is -0.133. The van der Waals surface area contributed by atoms with Gasteiger partial charge >= 0.3 is 0 Å². The molecule has 0 spiro atoms. The number of nitrogens with zero attached hydrogens (tertiary/aromatic N) is 1. The number of hydrogen-bond acceptors (Lipinski definition) is 5. The third kappa shape index (κ3) is 4.31. The first kappa shape index (κ1) is 19.4. The first-order valence-electron chi connectivity index (χ1n) is 9.10. The first-order valence-corrected chi connectivity index (χ1v) is 9.10. The van der Waals surface area contributed by atoms with E-state index < -0.39 is 11.8 Å². The van der Waals surface area contributed by atoms with Gasteiger partial charge in [0, 0.05) is 12.5 Å². The molecule has 1 aliphatic heterocycles. The van der Waals surface area contributed by atoms with Gasteiger partial charge in [0.2, 0.25) is 5.91 Å². The van der Waals surface area contributed by atoms with Crippen LogP contribution in [0.1, 0.15) is 24.0 Å². The molecule has 0 bridgehead atoms. The SMILES string of the molecule is CCOc1cc(C=NNC(=O)C2C(=O)NCC2c2ccccc2)ccc1OC. The van der Waals surface area contributed by atoms with Gasteiger partial charge in [0.15, 0.2) is 11.5 Å². The third-order valence-electron chi connectivity index (χ3n) is 4.57. The molecular formula is C21H23N3O4. The van der Waals surface area contributed by atoms with Crippen molar-refractivity contribution in [2.75, 3.05) is 20.3 Å². The monoisotopic (exact) mass is 381 g/mol. The highest BCUT2D eigenvalue weighted by molar-refractivity contribution is 6.03. The lowest BCUT2D eigenvalue weighted by atomic mass is 9.88. The molecule has 2 amide bonds. The minimum absolute atomic E-state index is 0.213. The summed E-state index contributed by atoms with van der Waals surface area (Å²) in [5, 5.41) is 6.76. The van der Waals surface area contributed by atoms with Crippen LogP contribution in [-0.2, 0) is 9.59 Å². The van der Waals surface area contributed by atoms with Crippen LogP contribution in [0.4, 0.5) is 0 Å². The molecule has 2 aromatic rings. The van der Waals surface area contributed by atoms with Gasteiger partial charge in [-0.2, -0.15) is 5.10 Å². The zero-order valence-corrected chi connectivity index (χ0v) is 15.8. The van der Waals surface area contributed by atoms with E-state index in [0.29, 0.717) is 24.7 Å². The number of benzene rings is 2. The van der Waals surface area contributed by atoms with E-state index >= 15 is 0 Å². The van der Waals surface area contributed by atoms with Gasteiger partial charge in [-0.1, -0.05) is 30.3 Å². The van der Waals surface area contributed by atoms with Crippen molar-refractivity contribution in [3.05, 3.63) is 59.7 Å². The molecule has 28 heavy (non-hydrogen) atoms. The molecule has 0 saturated carbocycles. The molecule has 3 rings (SSSR count). The first-order chi connectivity index (χ1) is 13.6. The summed E-state index contributed by atoms with van der Waals surface area (Å²) in [5.74, 6) is -0.525. The summed E-state index contributed by atoms with van der Waals surface area (Å²) in [4.78, 5) is 24.7. The average Bonchev–Trinajstić information content (AvgIpc) is 3.10. The van der Waals surface area contributed by atoms with Crippen molar-refractivity contribution in [1.29, 1.82) is 0 Å². The number of carbonyl (C=O) groups is 2. The van der Waals surface area contributed by atoms with Crippen molar-refractivity contribution < 1.29 is 19.1 Å². The van der Waals surface area contributed by atoms with Gasteiger partial charge < -0.3 is 14.8 Å². The largest absolute Gasteiger partial charge is 0.493 e. The molecule has 0 radical (unpaired) electrons. The Bertz CT molecular complexity index is 867. The Hall–Kier alpha value is -3.35. The van der Waals surface area contributed by atoms with Gasteiger partial charge in [-0.05, 0) is 36.2 Å². The predicted molar refractivity (Wildman–Crippen MR) is 106 cm³/mol. The van der Waals surface area contributed by atoms with Crippen molar-refractivity contribution in [2.45, 2.75) is 12.8 Å². The van der Waals surface area contributed by atoms with Crippen LogP contribution >= 0.6 is 0 Å². The number of nitrogens with one attached hydrogen (secondary N) is 2. The van der Waals surface area contributed by atoms with Gasteiger partial charge in [-0.3, -0.25) is 9.59 Å². The van der Waals surface area contributed by atoms with E-state index in [-0.39, 0.29) is 11.8 Å². The van der Waals surface area contributed by atoms with Crippen LogP contribution < -0.4 is 20.2 Å². The molecule has 7 heteroatoms. The second-order valence-electron chi connectivity index (χ2n) is 6.32. The minimum atomic E-state index is -0.811. The van der Waals surface area contributed by atoms with Crippen LogP contribution in [-0.4, -0.2) is 38.3 Å². The van der Waals surface area contributed by atoms with E-state index in [4.69, 9.17) is 9.47 Å². The van der Waals surface area contributed by atoms with Gasteiger partial charge in [0.05, 0.1) is 19.9 Å². The fourth-order valence-electron chi connectivity index (χ4n) is 3.22. The Balaban J connectivity index is 1.69. The topological polar surface area (TPSA) is 89.0 Å². The van der Waals surface area contributed by atoms with Crippen LogP contribution in [0.2, 0.25) is 0 Å². The predicted octanol–water partition coefficient (Wildman–Crippen LogP) is 2.07. The zero-order chi connectivity index (χ0) is 19.9. The van der Waals surface area contributed by atoms with Crippen LogP contribution in [0.3, 0.4) is 0 Å². The summed E-state index contributed by atoms with van der Waals surface area (Å²) >= 11 is 0. The summed E-state index contributed by atoms with van der Waals surface area (Å²) in [5.41, 5.74) is 4.16. The highest BCUT2D eigenvalue weighted by Gasteiger charge is 2.40. The standard InChI is InChI=1S/C21H23N3O4/c1-3-28-18-11-14(9-10-17(18)27-2)12-23-24-21(26)19-16(13-22-20(19)25)15-7-5-4-6-8-15/h4-12,16,19H,3,13H2,1-2H3,(H,22,25)(H,24,26). The second-order valence-corrected chi connectivity index (χ2v) is 6.32. The Kier molecular flexibility index (Phi) is 6.26. The molecule has 0 aliphatic carbocycles. The lowest BCUT2D eigenvalue weighted by Crippen LogP contribution is -2.34. The number of rotatable bonds is 7. The second kappa shape index (κ2) is 9.03. The maximum Gasteiger partial charge on any atom is 0.253 e. The normalized spacial score (nSPS) is 18.7. The molecule has 1 aliphatic rings. The highest BCUT2D eigenvalue weighted by Crippen LogP contribution is 2.29. The Morgan fingerprint density at radius 1 is 1.25 bits per heavy atom. The maximum absolute atomic E-state index is 12.6. The average molecular weight is 381 g/mol. The Morgan fingerprint density at radius 2 is 2.04 bits per heavy atom. The van der Waals surface area contributed by atoms with Crippen LogP contribution in [0, 0.1) is 5.92 Å². The van der Waals surface area contributed by atoms with E-state index in [1.165, 1.54) is 6.21 Å². The smallest absolute Gasteiger partial charge is 0.253 e. The summed E-state index contributed by atoms with van der Waals surface area (Å²) in [6, 6.07) is 14.9. The molecule has 2 unspecified atom stereocenters. The van der Waals surface area contributed by atoms with E-state index in [1.807, 2.05) is 37.3 Å². The maximum atomic E-state index is 12.6. The molecule has 146 valence electrons. The molecule has 7 nitrogen and oxygen atoms in total. The minimum Gasteiger partial charge on any atom is -0.493 e. The van der Waals surface area contributed by atoms with E-state index in [0.717, 1.165) is 11.1 Å². The number of amides is 2. The van der Waals surface area contributed by atoms with Crippen molar-refractivity contribution in [3.63, 3.8) is 0 Å². The quantitative estimate of drug-likeness (QED) is 0.437. The summed E-state index contributed by atoms with van der Waals surface area (Å²) < 4.78 is 10.8. The number of carbonyl (C=O) groups excluding carboxylic acids is 2. The molecule has 2 atom stereocenters. The molecule has 1 fully saturated rings. The summed E-state index contributed by atoms with van der Waals surface area (Å²) in [6.45, 7) is 2.82. The van der Waals surface area contributed by atoms with Gasteiger partial charge in [-0.25, -0.2) is 5.43 Å². The van der Waals surface area contributed by atoms with Crippen molar-refractivity contribution in [1.82, 2.24) is 10.7 Å². The molecule has 1 heterocycles. The number of ether oxygens (including phenoxy) is 2. The fraction of sp³-hybridized carbons (Fsp3) is 0.286. The number of methoxy groups -OCH3 is 1. The molecule has 2 aromatic carbocycles. The summed E-state index contributed by atoms with van der Waals surface area (Å²) in [6.07, 6.45) is 1.50.